The number of allylic oxidation sites excluding steroid dienone is 8. The Bertz CT molecular complexity index is 1020. The summed E-state index contributed by atoms with van der Waals surface area (Å²) >= 11 is 0. The largest absolute Gasteiger partial charge is 0.462 e. The zero-order chi connectivity index (χ0) is 43.1. The number of carbonyl (C=O) groups excluding carboxylic acids is 2. The quantitative estimate of drug-likeness (QED) is 0.0246. The van der Waals surface area contributed by atoms with Crippen molar-refractivity contribution in [2.45, 2.75) is 270 Å². The van der Waals surface area contributed by atoms with Gasteiger partial charge in [0, 0.05) is 6.42 Å². The predicted molar refractivity (Wildman–Crippen MR) is 255 cm³/mol. The van der Waals surface area contributed by atoms with Crippen molar-refractivity contribution in [1.82, 2.24) is 5.32 Å². The van der Waals surface area contributed by atoms with E-state index in [1.54, 1.807) is 0 Å². The normalized spacial score (nSPS) is 13.6. The predicted octanol–water partition coefficient (Wildman–Crippen LogP) is 15.1. The van der Waals surface area contributed by atoms with Crippen molar-refractivity contribution in [3.05, 3.63) is 48.6 Å². The lowest BCUT2D eigenvalue weighted by atomic mass is 10.0. The molecule has 3 unspecified atom stereocenters. The van der Waals surface area contributed by atoms with E-state index in [9.17, 15) is 19.8 Å². The smallest absolute Gasteiger partial charge is 0.306 e. The highest BCUT2D eigenvalue weighted by Crippen LogP contribution is 2.18. The first-order valence-electron chi connectivity index (χ1n) is 25.4. The second-order valence-corrected chi connectivity index (χ2v) is 17.2. The second kappa shape index (κ2) is 46.9. The van der Waals surface area contributed by atoms with Crippen molar-refractivity contribution in [1.29, 1.82) is 0 Å². The van der Waals surface area contributed by atoms with Crippen LogP contribution in [0.4, 0.5) is 0 Å². The standard InChI is InChI=1S/C53H97NO5/c1-4-7-10-13-16-19-21-23-25-27-28-30-33-36-39-42-45-51(56)50(48-55)54-52(57)47-49(44-41-38-35-32-18-15-12-9-6-3)59-53(58)46-43-40-37-34-31-29-26-24-22-20-17-14-11-8-5-2/h8,11,14-15,17-18,20,22,49-51,55-56H,4-7,9-10,12-13,16,19,21,23-48H2,1-3H3,(H,54,57)/b11-8+,17-14+,18-15-,22-20+. The van der Waals surface area contributed by atoms with Gasteiger partial charge in [-0.15, -0.1) is 0 Å². The molecule has 0 saturated carbocycles. The summed E-state index contributed by atoms with van der Waals surface area (Å²) in [4.78, 5) is 26.0. The van der Waals surface area contributed by atoms with Crippen LogP contribution in [0.1, 0.15) is 252 Å². The van der Waals surface area contributed by atoms with Crippen LogP contribution in [0.15, 0.2) is 48.6 Å². The topological polar surface area (TPSA) is 95.9 Å². The number of amides is 1. The molecule has 0 saturated heterocycles. The van der Waals surface area contributed by atoms with E-state index in [0.717, 1.165) is 83.5 Å². The molecule has 0 aliphatic carbocycles. The summed E-state index contributed by atoms with van der Waals surface area (Å²) in [5.41, 5.74) is 0. The van der Waals surface area contributed by atoms with Gasteiger partial charge in [0.05, 0.1) is 25.2 Å². The van der Waals surface area contributed by atoms with Gasteiger partial charge in [0.15, 0.2) is 0 Å². The number of rotatable bonds is 45. The molecule has 0 aliphatic heterocycles. The van der Waals surface area contributed by atoms with Gasteiger partial charge in [-0.05, 0) is 64.2 Å². The first kappa shape index (κ1) is 56.8. The van der Waals surface area contributed by atoms with Gasteiger partial charge in [-0.3, -0.25) is 9.59 Å². The lowest BCUT2D eigenvalue weighted by molar-refractivity contribution is -0.151. The highest BCUT2D eigenvalue weighted by Gasteiger charge is 2.24. The first-order valence-corrected chi connectivity index (χ1v) is 25.4. The van der Waals surface area contributed by atoms with Gasteiger partial charge < -0.3 is 20.3 Å². The van der Waals surface area contributed by atoms with Crippen LogP contribution in [0.3, 0.4) is 0 Å². The maximum atomic E-state index is 13.2. The van der Waals surface area contributed by atoms with Crippen molar-refractivity contribution in [2.24, 2.45) is 0 Å². The number of carbonyl (C=O) groups is 2. The highest BCUT2D eigenvalue weighted by atomic mass is 16.5. The van der Waals surface area contributed by atoms with Gasteiger partial charge in [0.1, 0.15) is 6.10 Å². The fourth-order valence-electron chi connectivity index (χ4n) is 7.59. The third kappa shape index (κ3) is 42.3. The molecule has 0 aromatic carbocycles. The molecular weight excluding hydrogens is 731 g/mol. The van der Waals surface area contributed by atoms with Crippen LogP contribution in [0.5, 0.6) is 0 Å². The van der Waals surface area contributed by atoms with Crippen molar-refractivity contribution in [2.75, 3.05) is 6.61 Å². The van der Waals surface area contributed by atoms with Crippen LogP contribution in [-0.2, 0) is 14.3 Å². The van der Waals surface area contributed by atoms with Crippen molar-refractivity contribution in [3.8, 4) is 0 Å². The minimum Gasteiger partial charge on any atom is -0.462 e. The fraction of sp³-hybridized carbons (Fsp3) is 0.811. The lowest BCUT2D eigenvalue weighted by Crippen LogP contribution is -2.46. The highest BCUT2D eigenvalue weighted by molar-refractivity contribution is 5.77. The van der Waals surface area contributed by atoms with E-state index in [1.165, 1.54) is 122 Å². The Kier molecular flexibility index (Phi) is 45.1. The van der Waals surface area contributed by atoms with Gasteiger partial charge >= 0.3 is 5.97 Å². The Hall–Kier alpha value is -2.18. The summed E-state index contributed by atoms with van der Waals surface area (Å²) in [5.74, 6) is -0.502. The van der Waals surface area contributed by atoms with Crippen LogP contribution in [0, 0.1) is 0 Å². The van der Waals surface area contributed by atoms with E-state index >= 15 is 0 Å². The average Bonchev–Trinajstić information content (AvgIpc) is 3.23. The third-order valence-electron chi connectivity index (χ3n) is 11.5. The molecule has 0 aliphatic rings. The van der Waals surface area contributed by atoms with Crippen LogP contribution in [0.2, 0.25) is 0 Å². The number of unbranched alkanes of at least 4 members (excludes halogenated alkanes) is 27. The Morgan fingerprint density at radius 2 is 0.949 bits per heavy atom. The van der Waals surface area contributed by atoms with E-state index in [2.05, 4.69) is 74.7 Å². The van der Waals surface area contributed by atoms with Crippen molar-refractivity contribution >= 4 is 11.9 Å². The number of hydrogen-bond acceptors (Lipinski definition) is 5. The van der Waals surface area contributed by atoms with Crippen molar-refractivity contribution in [3.63, 3.8) is 0 Å². The monoisotopic (exact) mass is 828 g/mol. The molecule has 6 heteroatoms. The van der Waals surface area contributed by atoms with E-state index in [4.69, 9.17) is 4.74 Å². The number of hydrogen-bond donors (Lipinski definition) is 3. The maximum absolute atomic E-state index is 13.2. The van der Waals surface area contributed by atoms with Gasteiger partial charge in [0.25, 0.3) is 0 Å². The fourth-order valence-corrected chi connectivity index (χ4v) is 7.59. The number of nitrogens with one attached hydrogen (secondary N) is 1. The minimum atomic E-state index is -0.792. The van der Waals surface area contributed by atoms with Crippen LogP contribution < -0.4 is 5.32 Å². The van der Waals surface area contributed by atoms with E-state index < -0.39 is 18.2 Å². The molecule has 0 aromatic heterocycles. The molecule has 59 heavy (non-hydrogen) atoms. The Morgan fingerprint density at radius 1 is 0.508 bits per heavy atom. The summed E-state index contributed by atoms with van der Waals surface area (Å²) in [6.07, 6.45) is 56.1. The third-order valence-corrected chi connectivity index (χ3v) is 11.5. The number of ether oxygens (including phenoxy) is 1. The molecule has 3 atom stereocenters. The Labute approximate surface area is 366 Å². The van der Waals surface area contributed by atoms with Crippen molar-refractivity contribution < 1.29 is 24.5 Å². The molecule has 6 nitrogen and oxygen atoms in total. The van der Waals surface area contributed by atoms with Gasteiger partial charge in [0.2, 0.25) is 5.91 Å². The molecule has 0 spiro atoms. The molecular formula is C53H97NO5. The van der Waals surface area contributed by atoms with Gasteiger partial charge in [-0.25, -0.2) is 0 Å². The lowest BCUT2D eigenvalue weighted by Gasteiger charge is -2.24. The molecule has 1 amide bonds. The molecule has 344 valence electrons. The van der Waals surface area contributed by atoms with Crippen LogP contribution in [0.25, 0.3) is 0 Å². The SMILES string of the molecule is CC/C=C/C=C/C=C/CCCCCCCCCC(=O)OC(CCCCC/C=C\CCCC)CC(=O)NC(CO)C(O)CCCCCCCCCCCCCCCCCC. The molecule has 0 rings (SSSR count). The Morgan fingerprint density at radius 3 is 1.49 bits per heavy atom. The number of aliphatic hydroxyl groups is 2. The summed E-state index contributed by atoms with van der Waals surface area (Å²) in [6, 6.07) is -0.707. The van der Waals surface area contributed by atoms with E-state index in [-0.39, 0.29) is 24.9 Å². The van der Waals surface area contributed by atoms with E-state index in [1.807, 2.05) is 0 Å². The van der Waals surface area contributed by atoms with E-state index in [0.29, 0.717) is 19.3 Å². The average molecular weight is 828 g/mol. The molecule has 0 bridgehead atoms. The van der Waals surface area contributed by atoms with Crippen LogP contribution >= 0.6 is 0 Å². The maximum Gasteiger partial charge on any atom is 0.306 e. The summed E-state index contributed by atoms with van der Waals surface area (Å²) < 4.78 is 5.90. The summed E-state index contributed by atoms with van der Waals surface area (Å²) in [7, 11) is 0. The number of aliphatic hydroxyl groups excluding tert-OH is 2. The molecule has 3 N–H and O–H groups in total. The zero-order valence-corrected chi connectivity index (χ0v) is 39.1. The Balaban J connectivity index is 4.45. The van der Waals surface area contributed by atoms with Gasteiger partial charge in [-0.2, -0.15) is 0 Å². The van der Waals surface area contributed by atoms with Crippen LogP contribution in [-0.4, -0.2) is 46.9 Å². The first-order chi connectivity index (χ1) is 29.0. The molecule has 0 heterocycles. The summed E-state index contributed by atoms with van der Waals surface area (Å²) in [5, 5.41) is 23.7. The second-order valence-electron chi connectivity index (χ2n) is 17.2. The molecule has 0 aromatic rings. The number of esters is 1. The molecule has 0 radical (unpaired) electrons. The minimum absolute atomic E-state index is 0.0618. The summed E-state index contributed by atoms with van der Waals surface area (Å²) in [6.45, 7) is 6.31. The van der Waals surface area contributed by atoms with Gasteiger partial charge in [-0.1, -0.05) is 223 Å². The molecule has 0 fully saturated rings. The zero-order valence-electron chi connectivity index (χ0n) is 39.1.